The lowest BCUT2D eigenvalue weighted by Crippen LogP contribution is -2.30. The van der Waals surface area contributed by atoms with Crippen LogP contribution in [0.2, 0.25) is 0 Å². The van der Waals surface area contributed by atoms with Crippen LogP contribution in [0.25, 0.3) is 0 Å². The second kappa shape index (κ2) is 95.0. The molecule has 5 unspecified atom stereocenters. The average Bonchev–Trinajstić information content (AvgIpc) is 0.892. The predicted octanol–water partition coefficient (Wildman–Crippen LogP) is 30.1. The minimum atomic E-state index is -4.96. The third-order valence-corrected chi connectivity index (χ3v) is 21.6. The summed E-state index contributed by atoms with van der Waals surface area (Å²) in [5, 5.41) is 20.8. The van der Waals surface area contributed by atoms with Crippen LogP contribution < -0.4 is 0 Å². The molecule has 16 nitrogen and oxygen atoms in total. The fourth-order valence-electron chi connectivity index (χ4n) is 12.5. The van der Waals surface area contributed by atoms with Gasteiger partial charge in [-0.05, 0) is 173 Å². The van der Waals surface area contributed by atoms with E-state index in [1.807, 2.05) is 0 Å². The molecule has 0 saturated heterocycles. The Hall–Kier alpha value is -6.13. The molecule has 698 valence electrons. The Labute approximate surface area is 749 Å². The van der Waals surface area contributed by atoms with E-state index in [0.29, 0.717) is 19.3 Å². The number of rotatable bonds is 89. The fraction of sp³-hybridized carbons (Fsp3) is 0.629. The molecule has 123 heavy (non-hydrogen) atoms. The van der Waals surface area contributed by atoms with Gasteiger partial charge in [-0.1, -0.05) is 394 Å². The third kappa shape index (κ3) is 96.4. The largest absolute Gasteiger partial charge is 0.472 e. The number of carbonyl (C=O) groups excluding carboxylic acids is 3. The van der Waals surface area contributed by atoms with Crippen LogP contribution in [-0.2, 0) is 55.8 Å². The summed E-state index contributed by atoms with van der Waals surface area (Å²) in [4.78, 5) is 59.1. The van der Waals surface area contributed by atoms with Gasteiger partial charge in [0.2, 0.25) is 0 Å². The molecule has 4 N–H and O–H groups in total. The quantitative estimate of drug-likeness (QED) is 0.0146. The number of phosphoric acid groups is 2. The van der Waals surface area contributed by atoms with E-state index in [0.717, 1.165) is 238 Å². The van der Waals surface area contributed by atoms with Crippen LogP contribution in [0.3, 0.4) is 0 Å². The van der Waals surface area contributed by atoms with Crippen LogP contribution in [0.15, 0.2) is 219 Å². The highest BCUT2D eigenvalue weighted by Crippen LogP contribution is 2.45. The van der Waals surface area contributed by atoms with Crippen LogP contribution >= 0.6 is 15.6 Å². The van der Waals surface area contributed by atoms with Crippen LogP contribution in [0.1, 0.15) is 367 Å². The minimum Gasteiger partial charge on any atom is -0.463 e. The SMILES string of the molecule is CC/C=C\C/C=C\C/C=C\C/C=C\C/C=C\C/C=C\CCCCCCCCCCCCCCCCC(=O)OCC(O)COP(=O)(O)OCC(O)COP(=O)(O)OCC(COC(=O)CCCCCCCCCC/C=C\C/C=C\C/C=C\C/C=C\C/C=C\C/C=C\CC)OC(=O)CCCCCCCCCC/C=C\C/C=C\C/C=C\C/C=C\C/C=C\C/C=C\CC. The molecule has 0 saturated carbocycles. The van der Waals surface area contributed by atoms with Crippen LogP contribution in [0, 0.1) is 0 Å². The normalized spacial score (nSPS) is 14.7. The van der Waals surface area contributed by atoms with E-state index in [-0.39, 0.29) is 19.3 Å². The maximum absolute atomic E-state index is 13.1. The first kappa shape index (κ1) is 117. The summed E-state index contributed by atoms with van der Waals surface area (Å²) in [5.74, 6) is -1.60. The van der Waals surface area contributed by atoms with Crippen LogP contribution in [0.5, 0.6) is 0 Å². The zero-order valence-electron chi connectivity index (χ0n) is 77.0. The first-order valence-corrected chi connectivity index (χ1v) is 51.0. The Morgan fingerprint density at radius 1 is 0.228 bits per heavy atom. The molecule has 0 rings (SSSR count). The van der Waals surface area contributed by atoms with Crippen LogP contribution in [0.4, 0.5) is 0 Å². The average molecular weight is 1750 g/mol. The van der Waals surface area contributed by atoms with Crippen molar-refractivity contribution < 1.29 is 75.8 Å². The van der Waals surface area contributed by atoms with Crippen LogP contribution in [-0.4, -0.2) is 95.9 Å². The summed E-state index contributed by atoms with van der Waals surface area (Å²) in [6.07, 6.45) is 130. The summed E-state index contributed by atoms with van der Waals surface area (Å²) in [5.41, 5.74) is 0. The lowest BCUT2D eigenvalue weighted by molar-refractivity contribution is -0.161. The highest BCUT2D eigenvalue weighted by molar-refractivity contribution is 7.47. The van der Waals surface area contributed by atoms with Crippen molar-refractivity contribution in [2.45, 2.75) is 386 Å². The molecule has 0 radical (unpaired) electrons. The van der Waals surface area contributed by atoms with Gasteiger partial charge in [0.15, 0.2) is 6.10 Å². The van der Waals surface area contributed by atoms with Crippen molar-refractivity contribution in [3.63, 3.8) is 0 Å². The first-order valence-electron chi connectivity index (χ1n) is 48.0. The molecule has 0 spiro atoms. The van der Waals surface area contributed by atoms with Gasteiger partial charge in [0, 0.05) is 19.3 Å². The van der Waals surface area contributed by atoms with Gasteiger partial charge >= 0.3 is 33.6 Å². The van der Waals surface area contributed by atoms with E-state index >= 15 is 0 Å². The number of ether oxygens (including phenoxy) is 3. The second-order valence-corrected chi connectivity index (χ2v) is 34.3. The smallest absolute Gasteiger partial charge is 0.463 e. The van der Waals surface area contributed by atoms with Gasteiger partial charge in [0.25, 0.3) is 0 Å². The number of hydrogen-bond acceptors (Lipinski definition) is 14. The summed E-state index contributed by atoms with van der Waals surface area (Å²) in [6.45, 7) is 2.35. The number of unbranched alkanes of at least 4 members (excludes halogenated alkanes) is 30. The van der Waals surface area contributed by atoms with Crippen molar-refractivity contribution in [3.8, 4) is 0 Å². The van der Waals surface area contributed by atoms with Crippen molar-refractivity contribution in [1.82, 2.24) is 0 Å². The maximum atomic E-state index is 13.1. The van der Waals surface area contributed by atoms with Gasteiger partial charge in [-0.2, -0.15) is 0 Å². The Morgan fingerprint density at radius 3 is 0.642 bits per heavy atom. The molecular weight excluding hydrogens is 1580 g/mol. The van der Waals surface area contributed by atoms with Gasteiger partial charge in [0.05, 0.1) is 26.4 Å². The minimum absolute atomic E-state index is 0.0841. The molecule has 0 aromatic rings. The molecule has 0 aliphatic rings. The molecule has 0 bridgehead atoms. The molecule has 5 atom stereocenters. The number of carbonyl (C=O) groups is 3. The topological polar surface area (TPSA) is 231 Å². The van der Waals surface area contributed by atoms with Gasteiger partial charge < -0.3 is 34.2 Å². The Kier molecular flexibility index (Phi) is 90.3. The zero-order chi connectivity index (χ0) is 89.3. The van der Waals surface area contributed by atoms with E-state index in [1.54, 1.807) is 0 Å². The molecule has 0 amide bonds. The Morgan fingerprint density at radius 2 is 0.407 bits per heavy atom. The molecule has 0 fully saturated rings. The molecular formula is C105H172O16P2. The highest BCUT2D eigenvalue weighted by atomic mass is 31.2. The standard InChI is InChI=1S/C105H172O16P2/c1-4-7-10-13-16-19-22-25-28-31-34-37-40-43-46-47-48-49-50-51-54-56-58-61-64-67-70-73-76-79-82-85-88-91-103(108)115-94-100(106)95-117-122(111,112)118-96-101(107)97-119-123(113,114)120-99-102(121-105(110)93-90-87-84-81-78-75-72-69-66-63-60-57-53-45-42-39-36-33-30-27-24-21-18-15-12-9-6-3)98-116-104(109)92-89-86-83-80-77-74-71-68-65-62-59-55-52-44-41-38-35-32-29-26-23-20-17-14-11-8-5-2/h7-12,16-21,25-30,34-39,43-46,48-49,52-53,59-60,62-63,100-102,106-107H,4-6,13-15,22-24,31-33,40-42,47,50-51,54-58,61,64-99H2,1-3H3,(H,111,112)(H,113,114)/b10-7-,11-8-,12-9-,19-16-,20-17-,21-18-,28-25-,29-26-,30-27-,37-34-,38-35-,39-36-,46-43-,49-48-,52-44-,53-45-,62-59-,63-60-. The maximum Gasteiger partial charge on any atom is 0.472 e. The zero-order valence-corrected chi connectivity index (χ0v) is 78.8. The first-order chi connectivity index (χ1) is 60.2. The molecule has 0 aromatic carbocycles. The van der Waals surface area contributed by atoms with Gasteiger partial charge in [-0.25, -0.2) is 9.13 Å². The van der Waals surface area contributed by atoms with Crippen molar-refractivity contribution in [1.29, 1.82) is 0 Å². The number of aliphatic hydroxyl groups is 2. The van der Waals surface area contributed by atoms with E-state index in [9.17, 15) is 43.5 Å². The Bertz CT molecular complexity index is 3120. The van der Waals surface area contributed by atoms with Crippen molar-refractivity contribution in [3.05, 3.63) is 219 Å². The third-order valence-electron chi connectivity index (χ3n) is 19.7. The van der Waals surface area contributed by atoms with Gasteiger partial charge in [0.1, 0.15) is 25.4 Å². The predicted molar refractivity (Wildman–Crippen MR) is 518 cm³/mol. The Balaban J connectivity index is 4.66. The summed E-state index contributed by atoms with van der Waals surface area (Å²) in [7, 11) is -9.83. The summed E-state index contributed by atoms with van der Waals surface area (Å²) in [6, 6.07) is 0. The number of phosphoric ester groups is 2. The lowest BCUT2D eigenvalue weighted by Gasteiger charge is -2.21. The molecule has 0 heterocycles. The van der Waals surface area contributed by atoms with E-state index in [4.69, 9.17) is 32.3 Å². The van der Waals surface area contributed by atoms with Crippen molar-refractivity contribution >= 4 is 33.6 Å². The van der Waals surface area contributed by atoms with Gasteiger partial charge in [-0.3, -0.25) is 32.5 Å². The fourth-order valence-corrected chi connectivity index (χ4v) is 14.1. The number of hydrogen-bond donors (Lipinski definition) is 4. The monoisotopic (exact) mass is 1750 g/mol. The number of allylic oxidation sites excluding steroid dienone is 36. The van der Waals surface area contributed by atoms with Crippen molar-refractivity contribution in [2.75, 3.05) is 39.6 Å². The molecule has 0 aromatic heterocycles. The molecule has 0 aliphatic carbocycles. The summed E-state index contributed by atoms with van der Waals surface area (Å²) < 4.78 is 61.6. The summed E-state index contributed by atoms with van der Waals surface area (Å²) >= 11 is 0. The van der Waals surface area contributed by atoms with E-state index in [2.05, 4.69) is 240 Å². The van der Waals surface area contributed by atoms with Gasteiger partial charge in [-0.15, -0.1) is 0 Å². The highest BCUT2D eigenvalue weighted by Gasteiger charge is 2.30. The number of aliphatic hydroxyl groups excluding tert-OH is 2. The molecule has 18 heteroatoms. The number of esters is 3. The second-order valence-electron chi connectivity index (χ2n) is 31.4. The van der Waals surface area contributed by atoms with E-state index < -0.39 is 91.5 Å². The molecule has 0 aliphatic heterocycles. The van der Waals surface area contributed by atoms with E-state index in [1.165, 1.54) is 70.6 Å². The van der Waals surface area contributed by atoms with Crippen molar-refractivity contribution in [2.24, 2.45) is 0 Å². The lowest BCUT2D eigenvalue weighted by atomic mass is 10.0.